The summed E-state index contributed by atoms with van der Waals surface area (Å²) in [7, 11) is 0. The molecule has 4 rings (SSSR count). The molecule has 0 saturated carbocycles. The van der Waals surface area contributed by atoms with Gasteiger partial charge in [-0.05, 0) is 49.1 Å². The molecule has 1 atom stereocenters. The number of hydrogen-bond donors (Lipinski definition) is 2. The topological polar surface area (TPSA) is 50.4 Å². The van der Waals surface area contributed by atoms with Crippen molar-refractivity contribution in [3.05, 3.63) is 65.0 Å². The lowest BCUT2D eigenvalue weighted by molar-refractivity contribution is -0.122. The van der Waals surface area contributed by atoms with E-state index in [9.17, 15) is 9.18 Å². The Morgan fingerprint density at radius 2 is 2.07 bits per heavy atom. The molecule has 2 aromatic carbocycles. The molecule has 0 radical (unpaired) electrons. The zero-order valence-electron chi connectivity index (χ0n) is 15.6. The first-order valence-electron chi connectivity index (χ1n) is 9.53. The average Bonchev–Trinajstić information content (AvgIpc) is 3.10. The predicted molar refractivity (Wildman–Crippen MR) is 103 cm³/mol. The molecular weight excluding hydrogens is 343 g/mol. The summed E-state index contributed by atoms with van der Waals surface area (Å²) < 4.78 is 19.3. The SMILES string of the molecule is Cc1ccc2c(c1)C[C@H](C(=O)NCC1(c3cccc(F)c3)CCOCC1)N2. The maximum atomic E-state index is 13.8. The van der Waals surface area contributed by atoms with Gasteiger partial charge in [0.05, 0.1) is 0 Å². The van der Waals surface area contributed by atoms with Crippen LogP contribution in [-0.2, 0) is 21.4 Å². The van der Waals surface area contributed by atoms with Crippen LogP contribution >= 0.6 is 0 Å². The molecule has 4 nitrogen and oxygen atoms in total. The molecule has 2 N–H and O–H groups in total. The van der Waals surface area contributed by atoms with Gasteiger partial charge in [0.15, 0.2) is 0 Å². The fourth-order valence-electron chi connectivity index (χ4n) is 4.18. The standard InChI is InChI=1S/C22H25FN2O2/c1-15-5-6-19-16(11-15)12-20(25-19)21(26)24-14-22(7-9-27-10-8-22)17-3-2-4-18(23)13-17/h2-6,11,13,20,25H,7-10,12,14H2,1H3,(H,24,26)/t20-/m1/s1. The van der Waals surface area contributed by atoms with E-state index in [1.54, 1.807) is 12.1 Å². The van der Waals surface area contributed by atoms with Crippen LogP contribution in [0.1, 0.15) is 29.5 Å². The second-order valence-electron chi connectivity index (χ2n) is 7.68. The maximum absolute atomic E-state index is 13.8. The van der Waals surface area contributed by atoms with E-state index in [4.69, 9.17) is 4.74 Å². The van der Waals surface area contributed by atoms with E-state index < -0.39 is 0 Å². The Hall–Kier alpha value is -2.40. The second-order valence-corrected chi connectivity index (χ2v) is 7.68. The van der Waals surface area contributed by atoms with Gasteiger partial charge in [0.2, 0.25) is 5.91 Å². The Kier molecular flexibility index (Phi) is 4.87. The molecule has 2 aliphatic heterocycles. The van der Waals surface area contributed by atoms with Gasteiger partial charge in [0.25, 0.3) is 0 Å². The lowest BCUT2D eigenvalue weighted by atomic mass is 9.74. The molecule has 2 aromatic rings. The number of rotatable bonds is 4. The highest BCUT2D eigenvalue weighted by Gasteiger charge is 2.36. The first-order valence-corrected chi connectivity index (χ1v) is 9.53. The average molecular weight is 368 g/mol. The van der Waals surface area contributed by atoms with Crippen molar-refractivity contribution in [1.82, 2.24) is 5.32 Å². The first-order chi connectivity index (χ1) is 13.1. The largest absolute Gasteiger partial charge is 0.381 e. The third-order valence-electron chi connectivity index (χ3n) is 5.82. The van der Waals surface area contributed by atoms with E-state index in [-0.39, 0.29) is 23.2 Å². The fourth-order valence-corrected chi connectivity index (χ4v) is 4.18. The summed E-state index contributed by atoms with van der Waals surface area (Å²) in [5, 5.41) is 6.44. The van der Waals surface area contributed by atoms with Gasteiger partial charge in [-0.25, -0.2) is 4.39 Å². The highest BCUT2D eigenvalue weighted by Crippen LogP contribution is 2.35. The second kappa shape index (κ2) is 7.31. The van der Waals surface area contributed by atoms with Crippen LogP contribution in [0.3, 0.4) is 0 Å². The van der Waals surface area contributed by atoms with E-state index in [0.29, 0.717) is 26.2 Å². The fraction of sp³-hybridized carbons (Fsp3) is 0.409. The van der Waals surface area contributed by atoms with Crippen molar-refractivity contribution in [3.8, 4) is 0 Å². The van der Waals surface area contributed by atoms with Gasteiger partial charge in [-0.3, -0.25) is 4.79 Å². The molecular formula is C22H25FN2O2. The number of anilines is 1. The molecule has 0 unspecified atom stereocenters. The van der Waals surface area contributed by atoms with Crippen molar-refractivity contribution in [1.29, 1.82) is 0 Å². The lowest BCUT2D eigenvalue weighted by Crippen LogP contribution is -2.48. The number of aryl methyl sites for hydroxylation is 1. The van der Waals surface area contributed by atoms with E-state index in [2.05, 4.69) is 23.6 Å². The smallest absolute Gasteiger partial charge is 0.242 e. The molecule has 0 aromatic heterocycles. The molecule has 142 valence electrons. The summed E-state index contributed by atoms with van der Waals surface area (Å²) in [6.07, 6.45) is 2.24. The monoisotopic (exact) mass is 368 g/mol. The van der Waals surface area contributed by atoms with Gasteiger partial charge in [-0.15, -0.1) is 0 Å². The van der Waals surface area contributed by atoms with Gasteiger partial charge < -0.3 is 15.4 Å². The zero-order chi connectivity index (χ0) is 18.9. The van der Waals surface area contributed by atoms with Gasteiger partial charge in [0, 0.05) is 37.3 Å². The number of carbonyl (C=O) groups is 1. The van der Waals surface area contributed by atoms with E-state index in [1.807, 2.05) is 18.2 Å². The Morgan fingerprint density at radius 3 is 2.85 bits per heavy atom. The third-order valence-corrected chi connectivity index (χ3v) is 5.82. The van der Waals surface area contributed by atoms with Crippen LogP contribution in [-0.4, -0.2) is 31.7 Å². The van der Waals surface area contributed by atoms with E-state index in [0.717, 1.165) is 24.1 Å². The molecule has 1 fully saturated rings. The van der Waals surface area contributed by atoms with E-state index in [1.165, 1.54) is 17.2 Å². The molecule has 1 saturated heterocycles. The number of ether oxygens (including phenoxy) is 1. The lowest BCUT2D eigenvalue weighted by Gasteiger charge is -2.38. The molecule has 2 aliphatic rings. The molecule has 1 amide bonds. The molecule has 27 heavy (non-hydrogen) atoms. The Morgan fingerprint density at radius 1 is 1.26 bits per heavy atom. The maximum Gasteiger partial charge on any atom is 0.242 e. The van der Waals surface area contributed by atoms with E-state index >= 15 is 0 Å². The number of halogens is 1. The van der Waals surface area contributed by atoms with Crippen molar-refractivity contribution in [2.75, 3.05) is 25.1 Å². The highest BCUT2D eigenvalue weighted by molar-refractivity contribution is 5.87. The molecule has 2 heterocycles. The van der Waals surface area contributed by atoms with Gasteiger partial charge in [0.1, 0.15) is 11.9 Å². The predicted octanol–water partition coefficient (Wildman–Crippen LogP) is 3.34. The minimum atomic E-state index is -0.280. The van der Waals surface area contributed by atoms with Crippen molar-refractivity contribution in [2.24, 2.45) is 0 Å². The number of fused-ring (bicyclic) bond motifs is 1. The van der Waals surface area contributed by atoms with Crippen LogP contribution in [0.15, 0.2) is 42.5 Å². The van der Waals surface area contributed by atoms with Gasteiger partial charge >= 0.3 is 0 Å². The van der Waals surface area contributed by atoms with Gasteiger partial charge in [-0.2, -0.15) is 0 Å². The third kappa shape index (κ3) is 3.69. The Balaban J connectivity index is 1.46. The van der Waals surface area contributed by atoms with Crippen LogP contribution in [0.4, 0.5) is 10.1 Å². The summed E-state index contributed by atoms with van der Waals surface area (Å²) in [5.41, 5.74) is 4.07. The van der Waals surface area contributed by atoms with Crippen LogP contribution < -0.4 is 10.6 Å². The minimum absolute atomic E-state index is 0.00822. The quantitative estimate of drug-likeness (QED) is 0.870. The molecule has 0 aliphatic carbocycles. The molecule has 0 spiro atoms. The van der Waals surface area contributed by atoms with Crippen molar-refractivity contribution >= 4 is 11.6 Å². The van der Waals surface area contributed by atoms with Crippen LogP contribution in [0.2, 0.25) is 0 Å². The molecule has 5 heteroatoms. The van der Waals surface area contributed by atoms with Crippen molar-refractivity contribution in [3.63, 3.8) is 0 Å². The Labute approximate surface area is 159 Å². The number of carbonyl (C=O) groups excluding carboxylic acids is 1. The summed E-state index contributed by atoms with van der Waals surface area (Å²) in [4.78, 5) is 12.8. The summed E-state index contributed by atoms with van der Waals surface area (Å²) in [6.45, 7) is 3.80. The summed E-state index contributed by atoms with van der Waals surface area (Å²) >= 11 is 0. The zero-order valence-corrected chi connectivity index (χ0v) is 15.6. The van der Waals surface area contributed by atoms with Crippen molar-refractivity contribution in [2.45, 2.75) is 37.6 Å². The summed E-state index contributed by atoms with van der Waals surface area (Å²) in [5.74, 6) is -0.251. The normalized spacial score (nSPS) is 20.6. The van der Waals surface area contributed by atoms with Crippen LogP contribution in [0.5, 0.6) is 0 Å². The minimum Gasteiger partial charge on any atom is -0.381 e. The molecule has 0 bridgehead atoms. The highest BCUT2D eigenvalue weighted by atomic mass is 19.1. The number of benzene rings is 2. The number of hydrogen-bond acceptors (Lipinski definition) is 3. The van der Waals surface area contributed by atoms with Crippen LogP contribution in [0, 0.1) is 12.7 Å². The number of nitrogens with one attached hydrogen (secondary N) is 2. The van der Waals surface area contributed by atoms with Gasteiger partial charge in [-0.1, -0.05) is 29.8 Å². The summed E-state index contributed by atoms with van der Waals surface area (Å²) in [6, 6.07) is 12.7. The number of amides is 1. The van der Waals surface area contributed by atoms with Crippen LogP contribution in [0.25, 0.3) is 0 Å². The first kappa shape index (κ1) is 18.0. The van der Waals surface area contributed by atoms with Crippen molar-refractivity contribution < 1.29 is 13.9 Å². The Bertz CT molecular complexity index is 846.